The predicted octanol–water partition coefficient (Wildman–Crippen LogP) is 3.03. The van der Waals surface area contributed by atoms with E-state index >= 15 is 0 Å². The molecular formula is C28H40N6O5. The summed E-state index contributed by atoms with van der Waals surface area (Å²) in [6.07, 6.45) is 3.96. The van der Waals surface area contributed by atoms with Gasteiger partial charge in [0, 0.05) is 18.1 Å². The number of carboxylic acid groups (broad SMARTS) is 1. The van der Waals surface area contributed by atoms with Crippen LogP contribution in [0.5, 0.6) is 0 Å². The lowest BCUT2D eigenvalue weighted by Crippen LogP contribution is -2.50. The molecule has 11 nitrogen and oxygen atoms in total. The number of aryl methyl sites for hydroxylation is 3. The van der Waals surface area contributed by atoms with E-state index in [9.17, 15) is 10.0 Å². The first-order valence-corrected chi connectivity index (χ1v) is 12.2. The molecular weight excluding hydrogens is 500 g/mol. The van der Waals surface area contributed by atoms with Gasteiger partial charge in [-0.2, -0.15) is 0 Å². The van der Waals surface area contributed by atoms with Gasteiger partial charge in [-0.25, -0.2) is 9.30 Å². The molecule has 0 amide bonds. The van der Waals surface area contributed by atoms with Gasteiger partial charge >= 0.3 is 0 Å². The highest BCUT2D eigenvalue weighted by atomic mass is 16.5. The standard InChI is InChI=1S/C11H12N2O.C9H9NO2.C6H15N3.C2H4O2/c1-9-3-5-10(6-4-9)11-7-13(14)8-12(11)2;1-7-2-4-8(5-3-7)9(11)6-10-12;1-7-4-8(2)6-9(3)5-7;1-2(3)4/h3-8H,1-2H3;2-6,12H,1H3;4-6H2,1-3H3;1H3,(H,3,4). The Bertz CT molecular complexity index is 1160. The zero-order valence-corrected chi connectivity index (χ0v) is 23.8. The molecule has 3 aromatic rings. The minimum Gasteiger partial charge on any atom is -0.711 e. The Morgan fingerprint density at radius 2 is 1.28 bits per heavy atom. The molecule has 4 rings (SSSR count). The van der Waals surface area contributed by atoms with Crippen LogP contribution >= 0.6 is 0 Å². The summed E-state index contributed by atoms with van der Waals surface area (Å²) in [5.74, 6) is -1.13. The second-order valence-electron chi connectivity index (χ2n) is 9.45. The monoisotopic (exact) mass is 540 g/mol. The lowest BCUT2D eigenvalue weighted by molar-refractivity contribution is -0.604. The zero-order valence-electron chi connectivity index (χ0n) is 23.8. The minimum absolute atomic E-state index is 0.294. The number of Topliss-reactive ketones (excluding diaryl/α,β-unsaturated/α-hetero) is 1. The first kappa shape index (κ1) is 33.0. The third-order valence-corrected chi connectivity index (χ3v) is 5.22. The van der Waals surface area contributed by atoms with E-state index in [1.54, 1.807) is 18.3 Å². The van der Waals surface area contributed by atoms with E-state index in [4.69, 9.17) is 15.1 Å². The molecule has 1 aliphatic heterocycles. The van der Waals surface area contributed by atoms with Crippen molar-refractivity contribution >= 4 is 18.0 Å². The lowest BCUT2D eigenvalue weighted by Gasteiger charge is -2.36. The van der Waals surface area contributed by atoms with Gasteiger partial charge in [0.15, 0.2) is 5.69 Å². The second kappa shape index (κ2) is 16.7. The van der Waals surface area contributed by atoms with Crippen LogP contribution < -0.4 is 4.73 Å². The molecule has 1 saturated heterocycles. The number of carboxylic acids is 1. The first-order chi connectivity index (χ1) is 18.3. The van der Waals surface area contributed by atoms with Gasteiger partial charge in [0.1, 0.15) is 12.4 Å². The number of rotatable bonds is 3. The summed E-state index contributed by atoms with van der Waals surface area (Å²) in [6.45, 7) is 8.33. The highest BCUT2D eigenvalue weighted by molar-refractivity contribution is 6.35. The number of carbonyl (C=O) groups excluding carboxylic acids is 1. The molecule has 0 atom stereocenters. The van der Waals surface area contributed by atoms with Crippen LogP contribution in [0, 0.1) is 19.1 Å². The molecule has 39 heavy (non-hydrogen) atoms. The molecule has 212 valence electrons. The van der Waals surface area contributed by atoms with E-state index < -0.39 is 5.97 Å². The highest BCUT2D eigenvalue weighted by Crippen LogP contribution is 2.17. The van der Waals surface area contributed by atoms with Gasteiger partial charge in [0.05, 0.1) is 27.1 Å². The van der Waals surface area contributed by atoms with E-state index in [2.05, 4.69) is 41.0 Å². The van der Waals surface area contributed by atoms with Crippen LogP contribution in [0.1, 0.15) is 28.4 Å². The van der Waals surface area contributed by atoms with Crippen molar-refractivity contribution in [2.24, 2.45) is 12.2 Å². The molecule has 1 aliphatic rings. The van der Waals surface area contributed by atoms with Crippen molar-refractivity contribution in [1.82, 2.24) is 19.3 Å². The average molecular weight is 541 g/mol. The van der Waals surface area contributed by atoms with Crippen molar-refractivity contribution < 1.29 is 24.6 Å². The number of aromatic nitrogens is 2. The summed E-state index contributed by atoms with van der Waals surface area (Å²) in [4.78, 5) is 26.9. The maximum absolute atomic E-state index is 11.0. The second-order valence-corrected chi connectivity index (χ2v) is 9.45. The Morgan fingerprint density at radius 3 is 1.64 bits per heavy atom. The Labute approximate surface area is 230 Å². The molecule has 1 fully saturated rings. The Morgan fingerprint density at radius 1 is 0.872 bits per heavy atom. The Kier molecular flexibility index (Phi) is 14.1. The van der Waals surface area contributed by atoms with Crippen LogP contribution in [-0.2, 0) is 11.8 Å². The molecule has 0 saturated carbocycles. The molecule has 2 heterocycles. The summed E-state index contributed by atoms with van der Waals surface area (Å²) >= 11 is 0. The van der Waals surface area contributed by atoms with Crippen molar-refractivity contribution in [1.29, 1.82) is 0 Å². The van der Waals surface area contributed by atoms with Gasteiger partial charge in [-0.1, -0.05) is 64.8 Å². The molecule has 0 radical (unpaired) electrons. The van der Waals surface area contributed by atoms with Crippen molar-refractivity contribution in [3.63, 3.8) is 0 Å². The maximum atomic E-state index is 11.0. The number of ketones is 1. The number of aliphatic carboxylic acids is 1. The fourth-order valence-electron chi connectivity index (χ4n) is 3.70. The molecule has 2 aromatic carbocycles. The quantitative estimate of drug-likeness (QED) is 0.130. The van der Waals surface area contributed by atoms with E-state index in [-0.39, 0.29) is 5.78 Å². The number of carbonyl (C=O) groups is 2. The van der Waals surface area contributed by atoms with Crippen LogP contribution in [-0.4, -0.2) is 88.7 Å². The number of oxime groups is 1. The smallest absolute Gasteiger partial charge is 0.300 e. The van der Waals surface area contributed by atoms with Crippen molar-refractivity contribution in [3.05, 3.63) is 83.0 Å². The topological polar surface area (TPSA) is 129 Å². The van der Waals surface area contributed by atoms with Crippen molar-refractivity contribution in [2.45, 2.75) is 20.8 Å². The molecule has 2 N–H and O–H groups in total. The van der Waals surface area contributed by atoms with Crippen LogP contribution in [0.15, 0.2) is 66.2 Å². The van der Waals surface area contributed by atoms with Gasteiger partial charge in [-0.15, -0.1) is 0 Å². The predicted molar refractivity (Wildman–Crippen MR) is 152 cm³/mol. The summed E-state index contributed by atoms with van der Waals surface area (Å²) < 4.78 is 2.63. The van der Waals surface area contributed by atoms with Gasteiger partial charge in [0.25, 0.3) is 5.97 Å². The number of hydrogen-bond acceptors (Lipinski definition) is 8. The SMILES string of the molecule is CC(=O)O.CN1CN(C)CN(C)C1.Cc1ccc(-c2c[n+]([O-])cn2C)cc1.Cc1ccc(C(=O)C=NO)cc1. The molecule has 0 unspecified atom stereocenters. The van der Waals surface area contributed by atoms with Crippen LogP contribution in [0.2, 0.25) is 0 Å². The van der Waals surface area contributed by atoms with Gasteiger partial charge in [-0.3, -0.25) is 24.3 Å². The van der Waals surface area contributed by atoms with Crippen molar-refractivity contribution in [2.75, 3.05) is 41.1 Å². The minimum atomic E-state index is -0.833. The number of hydrogen-bond donors (Lipinski definition) is 2. The number of imidazole rings is 1. The summed E-state index contributed by atoms with van der Waals surface area (Å²) in [5.41, 5.74) is 4.83. The van der Waals surface area contributed by atoms with Crippen LogP contribution in [0.4, 0.5) is 0 Å². The Balaban J connectivity index is 0.000000279. The van der Waals surface area contributed by atoms with Crippen LogP contribution in [0.25, 0.3) is 11.3 Å². The average Bonchev–Trinajstić information content (AvgIpc) is 3.17. The van der Waals surface area contributed by atoms with E-state index in [0.717, 1.165) is 54.7 Å². The normalized spacial score (nSPS) is 13.8. The lowest BCUT2D eigenvalue weighted by atomic mass is 10.1. The molecule has 0 aliphatic carbocycles. The van der Waals surface area contributed by atoms with E-state index in [1.807, 2.05) is 61.9 Å². The zero-order chi connectivity index (χ0) is 29.5. The maximum Gasteiger partial charge on any atom is 0.300 e. The molecule has 1 aromatic heterocycles. The summed E-state index contributed by atoms with van der Waals surface area (Å²) in [7, 11) is 8.26. The number of nitrogens with zero attached hydrogens (tertiary/aromatic N) is 6. The third-order valence-electron chi connectivity index (χ3n) is 5.22. The molecule has 0 bridgehead atoms. The fraction of sp³-hybridized carbons (Fsp3) is 0.357. The van der Waals surface area contributed by atoms with E-state index in [0.29, 0.717) is 5.56 Å². The molecule has 11 heteroatoms. The largest absolute Gasteiger partial charge is 0.711 e. The Hall–Kier alpha value is -4.06. The third kappa shape index (κ3) is 13.3. The highest BCUT2D eigenvalue weighted by Gasteiger charge is 2.13. The summed E-state index contributed by atoms with van der Waals surface area (Å²) in [6, 6.07) is 15.2. The van der Waals surface area contributed by atoms with E-state index in [1.165, 1.54) is 11.9 Å². The molecule has 0 spiro atoms. The van der Waals surface area contributed by atoms with Crippen molar-refractivity contribution in [3.8, 4) is 11.3 Å². The summed E-state index contributed by atoms with van der Waals surface area (Å²) in [5, 5.41) is 29.2. The van der Waals surface area contributed by atoms with Gasteiger partial charge in [-0.05, 0) is 35.0 Å². The number of benzene rings is 2. The van der Waals surface area contributed by atoms with Gasteiger partial charge < -0.3 is 15.5 Å². The first-order valence-electron chi connectivity index (χ1n) is 12.2. The fourth-order valence-corrected chi connectivity index (χ4v) is 3.70. The van der Waals surface area contributed by atoms with Gasteiger partial charge in [0.2, 0.25) is 12.1 Å². The van der Waals surface area contributed by atoms with Crippen LogP contribution in [0.3, 0.4) is 0 Å².